The fraction of sp³-hybridized carbons (Fsp3) is 0.333. The highest BCUT2D eigenvalue weighted by molar-refractivity contribution is 5.96. The Kier molecular flexibility index (Phi) is 5.56. The number of rotatable bonds is 5. The van der Waals surface area contributed by atoms with Crippen molar-refractivity contribution < 1.29 is 9.63 Å². The second-order valence-corrected chi connectivity index (χ2v) is 6.77. The number of benzene rings is 2. The summed E-state index contributed by atoms with van der Waals surface area (Å²) in [5.74, 6) is -0.0650. The summed E-state index contributed by atoms with van der Waals surface area (Å²) < 4.78 is 0. The highest BCUT2D eigenvalue weighted by atomic mass is 16.6. The molecule has 1 aliphatic heterocycles. The molecule has 0 bridgehead atoms. The normalized spacial score (nSPS) is 16.4. The van der Waals surface area contributed by atoms with E-state index in [2.05, 4.69) is 18.1 Å². The highest BCUT2D eigenvalue weighted by Gasteiger charge is 2.28. The molecule has 5 heteroatoms. The lowest BCUT2D eigenvalue weighted by atomic mass is 9.96. The molecular formula is C21H25N3O2. The van der Waals surface area contributed by atoms with Gasteiger partial charge < -0.3 is 14.6 Å². The SMILES string of the molecule is CC1CCc2ccccc2N1C(=O)CO/N=C/c1ccc(N(C)C)cc1. The molecule has 0 radical (unpaired) electrons. The first-order chi connectivity index (χ1) is 12.6. The third-order valence-electron chi connectivity index (χ3n) is 4.67. The Balaban J connectivity index is 1.59. The Hall–Kier alpha value is -2.82. The quantitative estimate of drug-likeness (QED) is 0.612. The van der Waals surface area contributed by atoms with Crippen molar-refractivity contribution in [2.75, 3.05) is 30.5 Å². The number of carbonyl (C=O) groups excluding carboxylic acids is 1. The van der Waals surface area contributed by atoms with Gasteiger partial charge in [0.25, 0.3) is 5.91 Å². The largest absolute Gasteiger partial charge is 0.386 e. The van der Waals surface area contributed by atoms with Gasteiger partial charge in [-0.15, -0.1) is 0 Å². The lowest BCUT2D eigenvalue weighted by molar-refractivity contribution is -0.123. The molecule has 0 saturated heterocycles. The molecule has 5 nitrogen and oxygen atoms in total. The zero-order chi connectivity index (χ0) is 18.5. The molecule has 0 saturated carbocycles. The van der Waals surface area contributed by atoms with Crippen molar-refractivity contribution in [3.05, 3.63) is 59.7 Å². The second kappa shape index (κ2) is 8.04. The van der Waals surface area contributed by atoms with Gasteiger partial charge in [-0.05, 0) is 49.1 Å². The molecular weight excluding hydrogens is 326 g/mol. The third kappa shape index (κ3) is 4.04. The molecule has 1 amide bonds. The van der Waals surface area contributed by atoms with Gasteiger partial charge in [-0.1, -0.05) is 35.5 Å². The van der Waals surface area contributed by atoms with Gasteiger partial charge in [0.2, 0.25) is 0 Å². The number of nitrogens with zero attached hydrogens (tertiary/aromatic N) is 3. The first-order valence-electron chi connectivity index (χ1n) is 8.89. The van der Waals surface area contributed by atoms with Gasteiger partial charge in [-0.3, -0.25) is 4.79 Å². The molecule has 0 N–H and O–H groups in total. The van der Waals surface area contributed by atoms with Crippen LogP contribution in [-0.4, -0.2) is 38.9 Å². The van der Waals surface area contributed by atoms with Gasteiger partial charge in [-0.2, -0.15) is 0 Å². The first kappa shape index (κ1) is 18.0. The number of hydrogen-bond donors (Lipinski definition) is 0. The smallest absolute Gasteiger partial charge is 0.268 e. The van der Waals surface area contributed by atoms with E-state index in [1.807, 2.05) is 66.4 Å². The molecule has 1 aliphatic rings. The molecule has 0 aromatic heterocycles. The van der Waals surface area contributed by atoms with Crippen LogP contribution in [0.15, 0.2) is 53.7 Å². The Morgan fingerprint density at radius 3 is 2.69 bits per heavy atom. The van der Waals surface area contributed by atoms with Crippen molar-refractivity contribution >= 4 is 23.5 Å². The number of anilines is 2. The summed E-state index contributed by atoms with van der Waals surface area (Å²) in [6, 6.07) is 16.2. The van der Waals surface area contributed by atoms with Gasteiger partial charge in [0.05, 0.1) is 6.21 Å². The van der Waals surface area contributed by atoms with Gasteiger partial charge in [-0.25, -0.2) is 0 Å². The molecule has 0 fully saturated rings. The first-order valence-corrected chi connectivity index (χ1v) is 8.89. The standard InChI is InChI=1S/C21H25N3O2/c1-16-8-11-18-6-4-5-7-20(18)24(16)21(25)15-26-22-14-17-9-12-19(13-10-17)23(2)3/h4-7,9-10,12-14,16H,8,11,15H2,1-3H3/b22-14+. The van der Waals surface area contributed by atoms with Crippen LogP contribution in [0.3, 0.4) is 0 Å². The van der Waals surface area contributed by atoms with Gasteiger partial charge in [0.15, 0.2) is 6.61 Å². The molecule has 26 heavy (non-hydrogen) atoms. The van der Waals surface area contributed by atoms with E-state index in [0.717, 1.165) is 29.8 Å². The van der Waals surface area contributed by atoms with Crippen LogP contribution in [0.25, 0.3) is 0 Å². The molecule has 1 unspecified atom stereocenters. The van der Waals surface area contributed by atoms with E-state index in [1.165, 1.54) is 5.56 Å². The molecule has 0 aliphatic carbocycles. The van der Waals surface area contributed by atoms with E-state index in [4.69, 9.17) is 4.84 Å². The Morgan fingerprint density at radius 2 is 1.96 bits per heavy atom. The monoisotopic (exact) mass is 351 g/mol. The maximum atomic E-state index is 12.6. The molecule has 1 heterocycles. The van der Waals surface area contributed by atoms with Crippen LogP contribution in [0, 0.1) is 0 Å². The van der Waals surface area contributed by atoms with E-state index >= 15 is 0 Å². The summed E-state index contributed by atoms with van der Waals surface area (Å²) in [6.45, 7) is 2.01. The van der Waals surface area contributed by atoms with Crippen molar-refractivity contribution in [2.45, 2.75) is 25.8 Å². The van der Waals surface area contributed by atoms with E-state index in [0.29, 0.717) is 0 Å². The maximum absolute atomic E-state index is 12.6. The minimum absolute atomic E-state index is 0.0645. The van der Waals surface area contributed by atoms with Crippen LogP contribution < -0.4 is 9.80 Å². The predicted octanol–water partition coefficient (Wildman–Crippen LogP) is 3.47. The number of oxime groups is 1. The summed E-state index contributed by atoms with van der Waals surface area (Å²) in [7, 11) is 4.00. The van der Waals surface area contributed by atoms with Crippen LogP contribution in [0.1, 0.15) is 24.5 Å². The van der Waals surface area contributed by atoms with Crippen molar-refractivity contribution in [1.29, 1.82) is 0 Å². The van der Waals surface area contributed by atoms with Crippen molar-refractivity contribution in [3.63, 3.8) is 0 Å². The fourth-order valence-electron chi connectivity index (χ4n) is 3.19. The van der Waals surface area contributed by atoms with Crippen molar-refractivity contribution in [1.82, 2.24) is 0 Å². The average Bonchev–Trinajstić information content (AvgIpc) is 2.65. The molecule has 136 valence electrons. The summed E-state index contributed by atoms with van der Waals surface area (Å²) in [4.78, 5) is 21.8. The second-order valence-electron chi connectivity index (χ2n) is 6.77. The zero-order valence-corrected chi connectivity index (χ0v) is 15.6. The van der Waals surface area contributed by atoms with Gasteiger partial charge >= 0.3 is 0 Å². The third-order valence-corrected chi connectivity index (χ3v) is 4.67. The van der Waals surface area contributed by atoms with E-state index < -0.39 is 0 Å². The number of fused-ring (bicyclic) bond motifs is 1. The molecule has 3 rings (SSSR count). The van der Waals surface area contributed by atoms with Crippen molar-refractivity contribution in [2.24, 2.45) is 5.16 Å². The number of carbonyl (C=O) groups is 1. The lowest BCUT2D eigenvalue weighted by Gasteiger charge is -2.34. The lowest BCUT2D eigenvalue weighted by Crippen LogP contribution is -2.43. The van der Waals surface area contributed by atoms with Gasteiger partial charge in [0, 0.05) is 31.5 Å². The number of amides is 1. The Bertz CT molecular complexity index is 784. The summed E-state index contributed by atoms with van der Waals surface area (Å²) >= 11 is 0. The minimum atomic E-state index is -0.0650. The molecule has 0 spiro atoms. The maximum Gasteiger partial charge on any atom is 0.268 e. The Morgan fingerprint density at radius 1 is 1.23 bits per heavy atom. The van der Waals surface area contributed by atoms with Crippen LogP contribution in [0.5, 0.6) is 0 Å². The highest BCUT2D eigenvalue weighted by Crippen LogP contribution is 2.30. The summed E-state index contributed by atoms with van der Waals surface area (Å²) in [5, 5.41) is 3.95. The van der Waals surface area contributed by atoms with Crippen LogP contribution in [-0.2, 0) is 16.1 Å². The molecule has 2 aromatic carbocycles. The zero-order valence-electron chi connectivity index (χ0n) is 15.6. The minimum Gasteiger partial charge on any atom is -0.386 e. The molecule has 1 atom stereocenters. The van der Waals surface area contributed by atoms with E-state index in [-0.39, 0.29) is 18.6 Å². The van der Waals surface area contributed by atoms with Crippen molar-refractivity contribution in [3.8, 4) is 0 Å². The number of aryl methyl sites for hydroxylation is 1. The van der Waals surface area contributed by atoms with E-state index in [9.17, 15) is 4.79 Å². The number of para-hydroxylation sites is 1. The van der Waals surface area contributed by atoms with Crippen LogP contribution >= 0.6 is 0 Å². The summed E-state index contributed by atoms with van der Waals surface area (Å²) in [5.41, 5.74) is 4.25. The van der Waals surface area contributed by atoms with Crippen LogP contribution in [0.4, 0.5) is 11.4 Å². The predicted molar refractivity (Wildman–Crippen MR) is 106 cm³/mol. The van der Waals surface area contributed by atoms with E-state index in [1.54, 1.807) is 6.21 Å². The summed E-state index contributed by atoms with van der Waals surface area (Å²) in [6.07, 6.45) is 3.59. The average molecular weight is 351 g/mol. The molecule has 2 aromatic rings. The van der Waals surface area contributed by atoms with Gasteiger partial charge in [0.1, 0.15) is 0 Å². The fourth-order valence-corrected chi connectivity index (χ4v) is 3.19. The number of hydrogen-bond acceptors (Lipinski definition) is 4. The topological polar surface area (TPSA) is 45.1 Å². The Labute approximate surface area is 154 Å². The van der Waals surface area contributed by atoms with Crippen LogP contribution in [0.2, 0.25) is 0 Å².